The first-order valence-corrected chi connectivity index (χ1v) is 14.6. The van der Waals surface area contributed by atoms with Crippen LogP contribution in [-0.2, 0) is 15.9 Å². The summed E-state index contributed by atoms with van der Waals surface area (Å²) in [5, 5.41) is 9.31. The van der Waals surface area contributed by atoms with Gasteiger partial charge in [-0.1, -0.05) is 37.6 Å². The van der Waals surface area contributed by atoms with Gasteiger partial charge >= 0.3 is 12.1 Å². The molecule has 0 unspecified atom stereocenters. The predicted octanol–water partition coefficient (Wildman–Crippen LogP) is 6.90. The fourth-order valence-electron chi connectivity index (χ4n) is 8.50. The van der Waals surface area contributed by atoms with E-state index in [0.29, 0.717) is 23.4 Å². The van der Waals surface area contributed by atoms with Crippen molar-refractivity contribution < 1.29 is 24.2 Å². The Morgan fingerprint density at radius 3 is 2.65 bits per heavy atom. The largest absolute Gasteiger partial charge is 0.508 e. The van der Waals surface area contributed by atoms with Gasteiger partial charge in [-0.25, -0.2) is 9.59 Å². The number of carbonyl (C=O) groups excluding carboxylic acids is 1. The second-order valence-electron chi connectivity index (χ2n) is 12.4. The number of hydrogen-bond donors (Lipinski definition) is 1. The number of carboxylic acid groups (broad SMARTS) is 1. The molecule has 0 spiro atoms. The monoisotopic (exact) mass is 542 g/mol. The van der Waals surface area contributed by atoms with E-state index in [0.717, 1.165) is 32.1 Å². The molecule has 4 aliphatic carbocycles. The number of fused-ring (bicyclic) bond motifs is 5. The molecule has 0 aliphatic heterocycles. The van der Waals surface area contributed by atoms with Crippen molar-refractivity contribution >= 4 is 17.7 Å². The number of allylic oxidation sites excluding steroid dienone is 3. The zero-order valence-corrected chi connectivity index (χ0v) is 23.3. The molecule has 2 heterocycles. The van der Waals surface area contributed by atoms with Gasteiger partial charge in [0.05, 0.1) is 11.3 Å². The van der Waals surface area contributed by atoms with Crippen molar-refractivity contribution in [2.45, 2.75) is 71.3 Å². The number of hydrogen-bond acceptors (Lipinski definition) is 6. The SMILES string of the molecule is C[C@]12CC[C@H](OC(=O)OCCc3ncccc3C(=O)O)CC1=CC[C@@H]1[C@@H]2CC[C@]2(C)C(c3cccnc3)=CC[C@@H]12. The molecule has 6 atom stereocenters. The number of rotatable bonds is 6. The van der Waals surface area contributed by atoms with Gasteiger partial charge in [-0.3, -0.25) is 9.97 Å². The van der Waals surface area contributed by atoms with Gasteiger partial charge in [0.2, 0.25) is 0 Å². The first-order chi connectivity index (χ1) is 19.3. The van der Waals surface area contributed by atoms with E-state index in [9.17, 15) is 14.7 Å². The standard InChI is InChI=1S/C33H38N2O5/c1-32-14-11-23(40-31(38)39-18-13-29-25(30(36)37)6-4-17-35-29)19-22(32)7-8-24-27-10-9-26(21-5-3-16-34-20-21)33(27,2)15-12-28(24)32/h3-7,9,16-17,20,23-24,27-28H,8,10-15,18-19H2,1-2H3,(H,36,37)/t23-,24-,27-,28-,32-,33+/m0/s1. The van der Waals surface area contributed by atoms with Crippen LogP contribution in [0.4, 0.5) is 4.79 Å². The Bertz CT molecular complexity index is 1350. The lowest BCUT2D eigenvalue weighted by Crippen LogP contribution is -2.50. The minimum Gasteiger partial charge on any atom is -0.478 e. The summed E-state index contributed by atoms with van der Waals surface area (Å²) in [5.74, 6) is 0.935. The molecule has 40 heavy (non-hydrogen) atoms. The Kier molecular flexibility index (Phi) is 7.01. The normalized spacial score (nSPS) is 32.5. The number of ether oxygens (including phenoxy) is 2. The highest BCUT2D eigenvalue weighted by Crippen LogP contribution is 2.66. The second kappa shape index (κ2) is 10.5. The molecule has 7 heteroatoms. The molecule has 1 N–H and O–H groups in total. The third-order valence-corrected chi connectivity index (χ3v) is 10.6. The molecule has 6 rings (SSSR count). The van der Waals surface area contributed by atoms with Crippen molar-refractivity contribution in [1.82, 2.24) is 9.97 Å². The summed E-state index contributed by atoms with van der Waals surface area (Å²) in [6.07, 6.45) is 17.0. The van der Waals surface area contributed by atoms with E-state index in [1.165, 1.54) is 41.8 Å². The van der Waals surface area contributed by atoms with Gasteiger partial charge < -0.3 is 14.6 Å². The number of pyridine rings is 2. The van der Waals surface area contributed by atoms with E-state index in [-0.39, 0.29) is 35.5 Å². The summed E-state index contributed by atoms with van der Waals surface area (Å²) >= 11 is 0. The molecule has 0 bridgehead atoms. The molecule has 2 saturated carbocycles. The third-order valence-electron chi connectivity index (χ3n) is 10.6. The van der Waals surface area contributed by atoms with Crippen molar-refractivity contribution in [3.05, 3.63) is 77.4 Å². The molecule has 2 aromatic rings. The average molecular weight is 543 g/mol. The summed E-state index contributed by atoms with van der Waals surface area (Å²) < 4.78 is 11.0. The van der Waals surface area contributed by atoms with E-state index >= 15 is 0 Å². The van der Waals surface area contributed by atoms with Gasteiger partial charge in [0, 0.05) is 31.4 Å². The van der Waals surface area contributed by atoms with Crippen LogP contribution < -0.4 is 0 Å². The molecule has 0 saturated heterocycles. The second-order valence-corrected chi connectivity index (χ2v) is 12.4. The number of aromatic nitrogens is 2. The quantitative estimate of drug-likeness (QED) is 0.313. The van der Waals surface area contributed by atoms with Gasteiger partial charge in [0.1, 0.15) is 12.7 Å². The molecular formula is C33H38N2O5. The minimum absolute atomic E-state index is 0.0300. The fourth-order valence-corrected chi connectivity index (χ4v) is 8.50. The molecule has 0 amide bonds. The molecule has 210 valence electrons. The fraction of sp³-hybridized carbons (Fsp3) is 0.515. The maximum atomic E-state index is 12.5. The van der Waals surface area contributed by atoms with Crippen LogP contribution in [0.5, 0.6) is 0 Å². The van der Waals surface area contributed by atoms with Crippen molar-refractivity contribution in [3.8, 4) is 0 Å². The highest BCUT2D eigenvalue weighted by Gasteiger charge is 2.57. The lowest BCUT2D eigenvalue weighted by molar-refractivity contribution is -0.0358. The smallest absolute Gasteiger partial charge is 0.478 e. The summed E-state index contributed by atoms with van der Waals surface area (Å²) in [7, 11) is 0. The summed E-state index contributed by atoms with van der Waals surface area (Å²) in [5.41, 5.74) is 5.08. The summed E-state index contributed by atoms with van der Waals surface area (Å²) in [6.45, 7) is 4.96. The molecule has 7 nitrogen and oxygen atoms in total. The molecule has 0 radical (unpaired) electrons. The van der Waals surface area contributed by atoms with E-state index in [1.807, 2.05) is 18.5 Å². The van der Waals surface area contributed by atoms with Crippen LogP contribution in [0.25, 0.3) is 5.57 Å². The highest BCUT2D eigenvalue weighted by atomic mass is 16.7. The number of aromatic carboxylic acids is 1. The van der Waals surface area contributed by atoms with Gasteiger partial charge in [0.25, 0.3) is 0 Å². The average Bonchev–Trinajstić information content (AvgIpc) is 3.31. The molecule has 0 aromatic carbocycles. The van der Waals surface area contributed by atoms with Crippen LogP contribution >= 0.6 is 0 Å². The van der Waals surface area contributed by atoms with Crippen molar-refractivity contribution in [2.75, 3.05) is 6.61 Å². The summed E-state index contributed by atoms with van der Waals surface area (Å²) in [6, 6.07) is 7.33. The van der Waals surface area contributed by atoms with Crippen LogP contribution in [0, 0.1) is 28.6 Å². The van der Waals surface area contributed by atoms with E-state index in [4.69, 9.17) is 9.47 Å². The van der Waals surface area contributed by atoms with E-state index in [2.05, 4.69) is 42.0 Å². The Morgan fingerprint density at radius 2 is 1.85 bits per heavy atom. The topological polar surface area (TPSA) is 98.6 Å². The number of carbonyl (C=O) groups is 2. The third kappa shape index (κ3) is 4.63. The van der Waals surface area contributed by atoms with Crippen LogP contribution in [0.2, 0.25) is 0 Å². The Hall–Kier alpha value is -3.48. The van der Waals surface area contributed by atoms with Crippen LogP contribution in [0.3, 0.4) is 0 Å². The maximum Gasteiger partial charge on any atom is 0.508 e. The first kappa shape index (κ1) is 26.7. The Balaban J connectivity index is 1.07. The van der Waals surface area contributed by atoms with Gasteiger partial charge in [0.15, 0.2) is 0 Å². The van der Waals surface area contributed by atoms with Crippen LogP contribution in [0.1, 0.15) is 80.4 Å². The Labute approximate surface area is 235 Å². The van der Waals surface area contributed by atoms with Gasteiger partial charge in [-0.15, -0.1) is 0 Å². The zero-order chi connectivity index (χ0) is 27.9. The molecular weight excluding hydrogens is 504 g/mol. The Morgan fingerprint density at radius 1 is 1.02 bits per heavy atom. The number of nitrogens with zero attached hydrogens (tertiary/aromatic N) is 2. The van der Waals surface area contributed by atoms with Crippen LogP contribution in [0.15, 0.2) is 60.6 Å². The van der Waals surface area contributed by atoms with Crippen molar-refractivity contribution in [2.24, 2.45) is 28.6 Å². The minimum atomic E-state index is -1.04. The van der Waals surface area contributed by atoms with Gasteiger partial charge in [-0.2, -0.15) is 0 Å². The first-order valence-electron chi connectivity index (χ1n) is 14.6. The van der Waals surface area contributed by atoms with Crippen molar-refractivity contribution in [3.63, 3.8) is 0 Å². The lowest BCUT2D eigenvalue weighted by Gasteiger charge is -2.57. The maximum absolute atomic E-state index is 12.5. The van der Waals surface area contributed by atoms with Crippen LogP contribution in [-0.4, -0.2) is 39.9 Å². The van der Waals surface area contributed by atoms with E-state index in [1.54, 1.807) is 6.07 Å². The highest BCUT2D eigenvalue weighted by molar-refractivity contribution is 5.88. The number of carboxylic acids is 1. The lowest BCUT2D eigenvalue weighted by atomic mass is 9.47. The summed E-state index contributed by atoms with van der Waals surface area (Å²) in [4.78, 5) is 32.4. The molecule has 2 aromatic heterocycles. The van der Waals surface area contributed by atoms with Crippen molar-refractivity contribution in [1.29, 1.82) is 0 Å². The molecule has 4 aliphatic rings. The van der Waals surface area contributed by atoms with E-state index < -0.39 is 12.1 Å². The van der Waals surface area contributed by atoms with Gasteiger partial charge in [-0.05, 0) is 96.4 Å². The predicted molar refractivity (Wildman–Crippen MR) is 150 cm³/mol. The molecule has 2 fully saturated rings. The zero-order valence-electron chi connectivity index (χ0n) is 23.3.